The second-order valence-corrected chi connectivity index (χ2v) is 6.02. The largest absolute Gasteiger partial charge is 0.508 e. The second-order valence-electron chi connectivity index (χ2n) is 3.94. The quantitative estimate of drug-likeness (QED) is 0.856. The van der Waals surface area contributed by atoms with Gasteiger partial charge in [0.05, 0.1) is 5.75 Å². The van der Waals surface area contributed by atoms with Gasteiger partial charge in [0.15, 0.2) is 14.7 Å². The molecule has 2 aromatic rings. The summed E-state index contributed by atoms with van der Waals surface area (Å²) in [6, 6.07) is 5.38. The normalized spacial score (nSPS) is 11.8. The van der Waals surface area contributed by atoms with E-state index in [0.717, 1.165) is 0 Å². The lowest BCUT2D eigenvalue weighted by molar-refractivity contribution is 0.474. The van der Waals surface area contributed by atoms with Crippen LogP contribution < -0.4 is 5.63 Å². The Morgan fingerprint density at radius 1 is 1.28 bits per heavy atom. The third kappa shape index (κ3) is 2.24. The molecule has 0 radical (unpaired) electrons. The molecule has 0 amide bonds. The fourth-order valence-electron chi connectivity index (χ4n) is 1.69. The molecule has 1 aromatic heterocycles. The van der Waals surface area contributed by atoms with Gasteiger partial charge in [-0.05, 0) is 30.7 Å². The Hall–Kier alpha value is -1.82. The van der Waals surface area contributed by atoms with Crippen LogP contribution in [0.1, 0.15) is 13.3 Å². The van der Waals surface area contributed by atoms with E-state index in [9.17, 15) is 18.3 Å². The Bertz CT molecular complexity index is 743. The summed E-state index contributed by atoms with van der Waals surface area (Å²) in [4.78, 5) is 11.3. The lowest BCUT2D eigenvalue weighted by atomic mass is 10.2. The number of phenols is 1. The maximum Gasteiger partial charge on any atom is 0.355 e. The van der Waals surface area contributed by atoms with Crippen LogP contribution in [0.4, 0.5) is 0 Å². The van der Waals surface area contributed by atoms with Crippen LogP contribution in [0, 0.1) is 0 Å². The SMILES string of the molecule is CCCS(=O)(=O)c1cc2cc(O)ccc2oc1=O. The van der Waals surface area contributed by atoms with E-state index >= 15 is 0 Å². The highest BCUT2D eigenvalue weighted by Crippen LogP contribution is 2.21. The minimum absolute atomic E-state index is 0.0183. The fraction of sp³-hybridized carbons (Fsp3) is 0.250. The summed E-state index contributed by atoms with van der Waals surface area (Å²) in [6.07, 6.45) is 0.417. The third-order valence-electron chi connectivity index (χ3n) is 2.49. The second kappa shape index (κ2) is 4.45. The number of hydrogen-bond acceptors (Lipinski definition) is 5. The van der Waals surface area contributed by atoms with Gasteiger partial charge >= 0.3 is 5.63 Å². The maximum atomic E-state index is 11.9. The van der Waals surface area contributed by atoms with Crippen molar-refractivity contribution >= 4 is 20.8 Å². The molecule has 18 heavy (non-hydrogen) atoms. The van der Waals surface area contributed by atoms with Crippen LogP contribution in [0.15, 0.2) is 38.4 Å². The minimum atomic E-state index is -3.63. The van der Waals surface area contributed by atoms with Gasteiger partial charge in [-0.3, -0.25) is 0 Å². The van der Waals surface area contributed by atoms with Crippen LogP contribution in [0.2, 0.25) is 0 Å². The van der Waals surface area contributed by atoms with Crippen molar-refractivity contribution in [3.05, 3.63) is 34.7 Å². The average Bonchev–Trinajstić information content (AvgIpc) is 2.28. The van der Waals surface area contributed by atoms with Gasteiger partial charge < -0.3 is 9.52 Å². The van der Waals surface area contributed by atoms with Crippen molar-refractivity contribution in [3.8, 4) is 5.75 Å². The van der Waals surface area contributed by atoms with Crippen molar-refractivity contribution in [2.45, 2.75) is 18.2 Å². The molecule has 0 spiro atoms. The third-order valence-corrected chi connectivity index (χ3v) is 4.39. The Morgan fingerprint density at radius 2 is 2.00 bits per heavy atom. The van der Waals surface area contributed by atoms with E-state index in [1.165, 1.54) is 24.3 Å². The molecule has 6 heteroatoms. The smallest absolute Gasteiger partial charge is 0.355 e. The molecular formula is C12H12O5S. The van der Waals surface area contributed by atoms with Gasteiger partial charge in [0.25, 0.3) is 0 Å². The molecule has 0 fully saturated rings. The standard InChI is InChI=1S/C12H12O5S/c1-2-5-18(15,16)11-7-8-6-9(13)3-4-10(8)17-12(11)14/h3-4,6-7,13H,2,5H2,1H3. The van der Waals surface area contributed by atoms with Gasteiger partial charge in [0, 0.05) is 5.39 Å². The van der Waals surface area contributed by atoms with Crippen molar-refractivity contribution in [2.24, 2.45) is 0 Å². The Morgan fingerprint density at radius 3 is 2.67 bits per heavy atom. The van der Waals surface area contributed by atoms with E-state index in [0.29, 0.717) is 11.8 Å². The number of aromatic hydroxyl groups is 1. The van der Waals surface area contributed by atoms with Crippen LogP contribution in [-0.2, 0) is 9.84 Å². The molecule has 0 aliphatic rings. The van der Waals surface area contributed by atoms with E-state index in [4.69, 9.17) is 4.42 Å². The summed E-state index contributed by atoms with van der Waals surface area (Å²) in [5.74, 6) is -0.127. The first-order valence-electron chi connectivity index (χ1n) is 5.43. The van der Waals surface area contributed by atoms with Crippen molar-refractivity contribution in [3.63, 3.8) is 0 Å². The molecule has 0 aliphatic heterocycles. The van der Waals surface area contributed by atoms with Crippen LogP contribution in [0.5, 0.6) is 5.75 Å². The highest BCUT2D eigenvalue weighted by molar-refractivity contribution is 7.91. The zero-order valence-corrected chi connectivity index (χ0v) is 10.5. The van der Waals surface area contributed by atoms with E-state index in [1.807, 2.05) is 0 Å². The first-order valence-corrected chi connectivity index (χ1v) is 7.09. The maximum absolute atomic E-state index is 11.9. The molecule has 1 heterocycles. The molecule has 0 unspecified atom stereocenters. The molecule has 1 N–H and O–H groups in total. The summed E-state index contributed by atoms with van der Waals surface area (Å²) in [7, 11) is -3.63. The first-order chi connectivity index (χ1) is 8.44. The first kappa shape index (κ1) is 12.6. The van der Waals surface area contributed by atoms with E-state index in [-0.39, 0.29) is 22.0 Å². The van der Waals surface area contributed by atoms with Gasteiger partial charge in [-0.25, -0.2) is 13.2 Å². The van der Waals surface area contributed by atoms with Crippen molar-refractivity contribution in [1.29, 1.82) is 0 Å². The van der Waals surface area contributed by atoms with Gasteiger partial charge in [0.1, 0.15) is 11.3 Å². The number of benzene rings is 1. The topological polar surface area (TPSA) is 84.6 Å². The number of phenolic OH excluding ortho intramolecular Hbond substituents is 1. The lowest BCUT2D eigenvalue weighted by Crippen LogP contribution is -2.16. The molecular weight excluding hydrogens is 256 g/mol. The summed E-state index contributed by atoms with van der Waals surface area (Å²) in [5.41, 5.74) is -0.630. The molecule has 2 rings (SSSR count). The number of fused-ring (bicyclic) bond motifs is 1. The molecule has 0 bridgehead atoms. The predicted molar refractivity (Wildman–Crippen MR) is 66.5 cm³/mol. The zero-order valence-electron chi connectivity index (χ0n) is 9.71. The molecule has 96 valence electrons. The van der Waals surface area contributed by atoms with Crippen LogP contribution in [-0.4, -0.2) is 19.3 Å². The molecule has 0 saturated carbocycles. The summed E-state index contributed by atoms with van der Waals surface area (Å²) in [6.45, 7) is 1.71. The number of rotatable bonds is 3. The highest BCUT2D eigenvalue weighted by Gasteiger charge is 2.19. The van der Waals surface area contributed by atoms with Gasteiger partial charge in [-0.2, -0.15) is 0 Å². The Balaban J connectivity index is 2.73. The predicted octanol–water partition coefficient (Wildman–Crippen LogP) is 1.68. The zero-order chi connectivity index (χ0) is 13.3. The average molecular weight is 268 g/mol. The summed E-state index contributed by atoms with van der Waals surface area (Å²) >= 11 is 0. The summed E-state index contributed by atoms with van der Waals surface area (Å²) in [5, 5.41) is 9.71. The molecule has 1 aromatic carbocycles. The van der Waals surface area contributed by atoms with Gasteiger partial charge in [-0.1, -0.05) is 6.92 Å². The number of sulfone groups is 1. The molecule has 5 nitrogen and oxygen atoms in total. The monoisotopic (exact) mass is 268 g/mol. The van der Waals surface area contributed by atoms with Gasteiger partial charge in [0.2, 0.25) is 0 Å². The van der Waals surface area contributed by atoms with Gasteiger partial charge in [-0.15, -0.1) is 0 Å². The van der Waals surface area contributed by atoms with Crippen LogP contribution in [0.3, 0.4) is 0 Å². The highest BCUT2D eigenvalue weighted by atomic mass is 32.2. The van der Waals surface area contributed by atoms with E-state index in [1.54, 1.807) is 6.92 Å². The van der Waals surface area contributed by atoms with E-state index < -0.39 is 15.5 Å². The molecule has 0 aliphatic carbocycles. The minimum Gasteiger partial charge on any atom is -0.508 e. The molecule has 0 saturated heterocycles. The van der Waals surface area contributed by atoms with Crippen LogP contribution in [0.25, 0.3) is 11.0 Å². The van der Waals surface area contributed by atoms with Crippen LogP contribution >= 0.6 is 0 Å². The molecule has 0 atom stereocenters. The number of hydrogen-bond donors (Lipinski definition) is 1. The fourth-order valence-corrected chi connectivity index (χ4v) is 3.05. The lowest BCUT2D eigenvalue weighted by Gasteiger charge is -2.03. The van der Waals surface area contributed by atoms with Crippen molar-refractivity contribution < 1.29 is 17.9 Å². The summed E-state index contributed by atoms with van der Waals surface area (Å²) < 4.78 is 28.7. The Labute approximate surface area is 104 Å². The van der Waals surface area contributed by atoms with E-state index in [2.05, 4.69) is 0 Å². The van der Waals surface area contributed by atoms with Crippen molar-refractivity contribution in [1.82, 2.24) is 0 Å². The Kier molecular flexibility index (Phi) is 3.13. The van der Waals surface area contributed by atoms with Crippen molar-refractivity contribution in [2.75, 3.05) is 5.75 Å².